The van der Waals surface area contributed by atoms with Crippen LogP contribution in [-0.2, 0) is 6.42 Å². The largest absolute Gasteiger partial charge is 0.366 e. The van der Waals surface area contributed by atoms with Gasteiger partial charge in [0.2, 0.25) is 5.91 Å². The predicted molar refractivity (Wildman–Crippen MR) is 116 cm³/mol. The summed E-state index contributed by atoms with van der Waals surface area (Å²) in [5.74, 6) is -0.113. The Morgan fingerprint density at radius 2 is 2.07 bits per heavy atom. The maximum Gasteiger partial charge on any atom is 0.273 e. The number of carbonyl (C=O) groups is 2. The number of likely N-dealkylation sites (tertiary alicyclic amines) is 1. The van der Waals surface area contributed by atoms with E-state index in [9.17, 15) is 9.59 Å². The molecule has 0 bridgehead atoms. The molecule has 30 heavy (non-hydrogen) atoms. The molecule has 1 aromatic carbocycles. The Bertz CT molecular complexity index is 967. The molecule has 2 amide bonds. The summed E-state index contributed by atoms with van der Waals surface area (Å²) in [6, 6.07) is 6.48. The number of rotatable bonds is 7. The van der Waals surface area contributed by atoms with Crippen molar-refractivity contribution in [3.8, 4) is 0 Å². The molecule has 0 saturated carbocycles. The minimum absolute atomic E-state index is 0.261. The number of hydrogen-bond acceptors (Lipinski definition) is 7. The van der Waals surface area contributed by atoms with E-state index in [2.05, 4.69) is 20.7 Å². The predicted octanol–water partition coefficient (Wildman–Crippen LogP) is 1.20. The third-order valence-corrected chi connectivity index (χ3v) is 6.08. The van der Waals surface area contributed by atoms with Crippen molar-refractivity contribution in [2.45, 2.75) is 25.3 Å². The molecule has 8 nitrogen and oxygen atoms in total. The van der Waals surface area contributed by atoms with Crippen LogP contribution >= 0.6 is 12.2 Å². The van der Waals surface area contributed by atoms with Crippen molar-refractivity contribution >= 4 is 28.9 Å². The second-order valence-electron chi connectivity index (χ2n) is 7.62. The minimum Gasteiger partial charge on any atom is -0.366 e. The van der Waals surface area contributed by atoms with Crippen molar-refractivity contribution in [3.05, 3.63) is 52.4 Å². The van der Waals surface area contributed by atoms with Gasteiger partial charge >= 0.3 is 0 Å². The molecule has 1 saturated heterocycles. The number of amides is 2. The maximum atomic E-state index is 12.8. The van der Waals surface area contributed by atoms with Gasteiger partial charge in [0, 0.05) is 36.5 Å². The van der Waals surface area contributed by atoms with Gasteiger partial charge < -0.3 is 25.8 Å². The molecule has 1 fully saturated rings. The lowest BCUT2D eigenvalue weighted by molar-refractivity contribution is 0.0938. The van der Waals surface area contributed by atoms with E-state index < -0.39 is 11.9 Å². The fourth-order valence-corrected chi connectivity index (χ4v) is 4.37. The van der Waals surface area contributed by atoms with Crippen LogP contribution in [0.1, 0.15) is 56.6 Å². The van der Waals surface area contributed by atoms with E-state index in [1.54, 1.807) is 18.2 Å². The van der Waals surface area contributed by atoms with Gasteiger partial charge in [-0.05, 0) is 43.6 Å². The fraction of sp³-hybridized carbons (Fsp3) is 0.429. The number of benzene rings is 1. The lowest BCUT2D eigenvalue weighted by atomic mass is 9.92. The monoisotopic (exact) mass is 427 g/mol. The third-order valence-electron chi connectivity index (χ3n) is 5.61. The standard InChI is InChI=1S/C21H25N5O3S/c22-20(27)14-5-3-4-13(12-14)19(30)17-16-15(6-7-23-17)29-25-18(16)21(28)24-8-11-26-9-1-2-10-26/h3-5,12,17,23H,1-2,6-11H2,(H2,22,27)(H,24,28). The first-order valence-corrected chi connectivity index (χ1v) is 10.6. The molecule has 4 N–H and O–H groups in total. The summed E-state index contributed by atoms with van der Waals surface area (Å²) in [6.45, 7) is 4.20. The number of carbonyl (C=O) groups excluding carboxylic acids is 2. The van der Waals surface area contributed by atoms with Crippen LogP contribution in [0.4, 0.5) is 0 Å². The topological polar surface area (TPSA) is 113 Å². The van der Waals surface area contributed by atoms with Crippen LogP contribution in [0.3, 0.4) is 0 Å². The normalized spacial score (nSPS) is 18.7. The van der Waals surface area contributed by atoms with Crippen LogP contribution in [0.25, 0.3) is 0 Å². The van der Waals surface area contributed by atoms with E-state index >= 15 is 0 Å². The Hall–Kier alpha value is -2.62. The van der Waals surface area contributed by atoms with Crippen LogP contribution in [-0.4, -0.2) is 59.5 Å². The van der Waals surface area contributed by atoms with Gasteiger partial charge in [-0.1, -0.05) is 29.5 Å². The Morgan fingerprint density at radius 1 is 1.30 bits per heavy atom. The first-order chi connectivity index (χ1) is 14.5. The molecule has 3 heterocycles. The van der Waals surface area contributed by atoms with E-state index in [1.165, 1.54) is 12.8 Å². The molecule has 158 valence electrons. The highest BCUT2D eigenvalue weighted by Gasteiger charge is 2.33. The number of aromatic nitrogens is 1. The molecule has 2 aliphatic heterocycles. The van der Waals surface area contributed by atoms with Crippen molar-refractivity contribution < 1.29 is 14.1 Å². The Morgan fingerprint density at radius 3 is 2.83 bits per heavy atom. The van der Waals surface area contributed by atoms with Crippen LogP contribution in [0.2, 0.25) is 0 Å². The average Bonchev–Trinajstić information content (AvgIpc) is 3.43. The summed E-state index contributed by atoms with van der Waals surface area (Å²) in [5.41, 5.74) is 7.42. The molecular formula is C21H25N5O3S. The Kier molecular flexibility index (Phi) is 6.21. The molecule has 0 aliphatic carbocycles. The highest BCUT2D eigenvalue weighted by molar-refractivity contribution is 7.81. The second kappa shape index (κ2) is 9.03. The van der Waals surface area contributed by atoms with Gasteiger partial charge in [0.05, 0.1) is 11.6 Å². The number of fused-ring (bicyclic) bond motifs is 1. The van der Waals surface area contributed by atoms with Crippen molar-refractivity contribution in [1.29, 1.82) is 0 Å². The summed E-state index contributed by atoms with van der Waals surface area (Å²) in [7, 11) is 0. The molecule has 1 atom stereocenters. The number of nitrogens with zero attached hydrogens (tertiary/aromatic N) is 2. The fourth-order valence-electron chi connectivity index (χ4n) is 4.04. The summed E-state index contributed by atoms with van der Waals surface area (Å²) < 4.78 is 5.47. The number of nitrogens with two attached hydrogens (primary N) is 1. The van der Waals surface area contributed by atoms with Crippen molar-refractivity contribution in [1.82, 2.24) is 20.7 Å². The third kappa shape index (κ3) is 4.28. The first kappa shape index (κ1) is 20.6. The van der Waals surface area contributed by atoms with Gasteiger partial charge in [0.25, 0.3) is 5.91 Å². The van der Waals surface area contributed by atoms with Gasteiger partial charge in [0.15, 0.2) is 5.69 Å². The number of nitrogens with one attached hydrogen (secondary N) is 2. The van der Waals surface area contributed by atoms with Gasteiger partial charge in [-0.15, -0.1) is 0 Å². The Balaban J connectivity index is 1.52. The van der Waals surface area contributed by atoms with Gasteiger partial charge in [-0.3, -0.25) is 9.59 Å². The lowest BCUT2D eigenvalue weighted by Gasteiger charge is -2.24. The lowest BCUT2D eigenvalue weighted by Crippen LogP contribution is -2.38. The van der Waals surface area contributed by atoms with Gasteiger partial charge in [-0.25, -0.2) is 0 Å². The molecule has 2 aromatic rings. The zero-order valence-electron chi connectivity index (χ0n) is 16.6. The molecule has 9 heteroatoms. The van der Waals surface area contributed by atoms with Crippen LogP contribution in [0.15, 0.2) is 28.8 Å². The molecular weight excluding hydrogens is 402 g/mol. The molecule has 1 unspecified atom stereocenters. The Labute approximate surface area is 180 Å². The van der Waals surface area contributed by atoms with Gasteiger partial charge in [-0.2, -0.15) is 0 Å². The number of thiocarbonyl (C=S) groups is 1. The highest BCUT2D eigenvalue weighted by Crippen LogP contribution is 2.30. The SMILES string of the molecule is NC(=O)c1cccc(C(=S)C2NCCc3onc(C(=O)NCCN4CCCC4)c32)c1. The average molecular weight is 428 g/mol. The van der Waals surface area contributed by atoms with Crippen LogP contribution in [0.5, 0.6) is 0 Å². The van der Waals surface area contributed by atoms with E-state index in [0.29, 0.717) is 46.8 Å². The van der Waals surface area contributed by atoms with E-state index in [-0.39, 0.29) is 11.6 Å². The van der Waals surface area contributed by atoms with Crippen LogP contribution in [0, 0.1) is 0 Å². The van der Waals surface area contributed by atoms with E-state index in [0.717, 1.165) is 19.6 Å². The molecule has 2 aliphatic rings. The van der Waals surface area contributed by atoms with Crippen molar-refractivity contribution in [2.75, 3.05) is 32.7 Å². The number of primary amides is 1. The zero-order valence-corrected chi connectivity index (χ0v) is 17.5. The minimum atomic E-state index is -0.514. The van der Waals surface area contributed by atoms with Crippen molar-refractivity contribution in [3.63, 3.8) is 0 Å². The summed E-state index contributed by atoms with van der Waals surface area (Å²) in [5, 5.41) is 10.4. The highest BCUT2D eigenvalue weighted by atomic mass is 32.1. The summed E-state index contributed by atoms with van der Waals surface area (Å²) in [6.07, 6.45) is 3.06. The van der Waals surface area contributed by atoms with Crippen LogP contribution < -0.4 is 16.4 Å². The second-order valence-corrected chi connectivity index (χ2v) is 8.06. The first-order valence-electron chi connectivity index (χ1n) is 10.2. The van der Waals surface area contributed by atoms with Gasteiger partial charge in [0.1, 0.15) is 5.76 Å². The number of hydrogen-bond donors (Lipinski definition) is 3. The smallest absolute Gasteiger partial charge is 0.273 e. The van der Waals surface area contributed by atoms with E-state index in [1.807, 2.05) is 6.07 Å². The molecule has 1 aromatic heterocycles. The quantitative estimate of drug-likeness (QED) is 0.449. The molecule has 0 radical (unpaired) electrons. The van der Waals surface area contributed by atoms with Crippen molar-refractivity contribution in [2.24, 2.45) is 5.73 Å². The summed E-state index contributed by atoms with van der Waals surface area (Å²) >= 11 is 5.71. The molecule has 4 rings (SSSR count). The zero-order chi connectivity index (χ0) is 21.1. The maximum absolute atomic E-state index is 12.8. The van der Waals surface area contributed by atoms with E-state index in [4.69, 9.17) is 22.5 Å². The molecule has 0 spiro atoms. The summed E-state index contributed by atoms with van der Waals surface area (Å²) in [4.78, 5) is 27.2.